The molecule has 1 aliphatic heterocycles. The van der Waals surface area contributed by atoms with Crippen LogP contribution in [-0.4, -0.2) is 40.0 Å². The van der Waals surface area contributed by atoms with E-state index in [9.17, 15) is 4.79 Å². The van der Waals surface area contributed by atoms with Gasteiger partial charge in [-0.1, -0.05) is 0 Å². The molecule has 4 nitrogen and oxygen atoms in total. The van der Waals surface area contributed by atoms with E-state index in [1.807, 2.05) is 0 Å². The fraction of sp³-hybridized carbons (Fsp3) is 0.444. The van der Waals surface area contributed by atoms with Crippen LogP contribution in [0.15, 0.2) is 18.6 Å². The normalized spacial score (nSPS) is 21.9. The predicted molar refractivity (Wildman–Crippen MR) is 53.4 cm³/mol. The van der Waals surface area contributed by atoms with Crippen LogP contribution >= 0.6 is 11.8 Å². The summed E-state index contributed by atoms with van der Waals surface area (Å²) in [5, 5.41) is 0. The summed E-state index contributed by atoms with van der Waals surface area (Å²) < 4.78 is 5.36. The van der Waals surface area contributed by atoms with Crippen LogP contribution in [0, 0.1) is 0 Å². The third-order valence-corrected chi connectivity index (χ3v) is 2.92. The van der Waals surface area contributed by atoms with Crippen LogP contribution in [0.25, 0.3) is 0 Å². The van der Waals surface area contributed by atoms with Gasteiger partial charge in [-0.2, -0.15) is 11.8 Å². The summed E-state index contributed by atoms with van der Waals surface area (Å²) in [5.41, 5.74) is 0.389. The minimum Gasteiger partial charge on any atom is -0.368 e. The van der Waals surface area contributed by atoms with Gasteiger partial charge in [0.2, 0.25) is 5.78 Å². The number of carbonyl (C=O) groups excluding carboxylic acids is 1. The molecule has 0 aromatic carbocycles. The molecule has 2 heterocycles. The summed E-state index contributed by atoms with van der Waals surface area (Å²) in [5.74, 6) is 1.62. The standard InChI is InChI=1S/C9H10N2O2S/c12-9(7-5-10-1-2-11-7)8-6-14-4-3-13-8/h1-2,5,8H,3-4,6H2. The molecule has 0 aliphatic carbocycles. The highest BCUT2D eigenvalue weighted by Crippen LogP contribution is 2.15. The van der Waals surface area contributed by atoms with Crippen molar-refractivity contribution in [1.82, 2.24) is 9.97 Å². The van der Waals surface area contributed by atoms with E-state index in [-0.39, 0.29) is 11.9 Å². The molecule has 0 spiro atoms. The Morgan fingerprint density at radius 2 is 2.50 bits per heavy atom. The molecule has 0 N–H and O–H groups in total. The van der Waals surface area contributed by atoms with Crippen molar-refractivity contribution >= 4 is 17.5 Å². The largest absolute Gasteiger partial charge is 0.368 e. The van der Waals surface area contributed by atoms with E-state index in [4.69, 9.17) is 4.74 Å². The molecule has 74 valence electrons. The van der Waals surface area contributed by atoms with Gasteiger partial charge < -0.3 is 4.74 Å². The molecule has 1 aromatic rings. The molecule has 1 fully saturated rings. The number of rotatable bonds is 2. The summed E-state index contributed by atoms with van der Waals surface area (Å²) >= 11 is 1.73. The first-order chi connectivity index (χ1) is 6.88. The number of hydrogen-bond acceptors (Lipinski definition) is 5. The van der Waals surface area contributed by atoms with Gasteiger partial charge in [-0.05, 0) is 0 Å². The number of hydrogen-bond donors (Lipinski definition) is 0. The van der Waals surface area contributed by atoms with Crippen molar-refractivity contribution in [3.63, 3.8) is 0 Å². The Morgan fingerprint density at radius 3 is 3.14 bits per heavy atom. The second-order valence-electron chi connectivity index (χ2n) is 2.89. The molecule has 0 amide bonds. The molecular weight excluding hydrogens is 200 g/mol. The van der Waals surface area contributed by atoms with Crippen molar-refractivity contribution in [1.29, 1.82) is 0 Å². The van der Waals surface area contributed by atoms with Crippen LogP contribution < -0.4 is 0 Å². The lowest BCUT2D eigenvalue weighted by atomic mass is 10.2. The summed E-state index contributed by atoms with van der Waals surface area (Å²) in [4.78, 5) is 19.6. The summed E-state index contributed by atoms with van der Waals surface area (Å²) in [7, 11) is 0. The second-order valence-corrected chi connectivity index (χ2v) is 4.04. The van der Waals surface area contributed by atoms with Crippen LogP contribution in [0.3, 0.4) is 0 Å². The number of ketones is 1. The highest BCUT2D eigenvalue weighted by Gasteiger charge is 2.24. The predicted octanol–water partition coefficient (Wildman–Crippen LogP) is 0.791. The lowest BCUT2D eigenvalue weighted by molar-refractivity contribution is 0.0513. The van der Waals surface area contributed by atoms with Gasteiger partial charge >= 0.3 is 0 Å². The molecule has 1 aliphatic rings. The fourth-order valence-corrected chi connectivity index (χ4v) is 2.07. The first-order valence-electron chi connectivity index (χ1n) is 4.37. The lowest BCUT2D eigenvalue weighted by Gasteiger charge is -2.20. The smallest absolute Gasteiger partial charge is 0.212 e. The van der Waals surface area contributed by atoms with Gasteiger partial charge in [0.25, 0.3) is 0 Å². The summed E-state index contributed by atoms with van der Waals surface area (Å²) in [6.07, 6.45) is 4.20. The average Bonchev–Trinajstić information content (AvgIpc) is 2.30. The number of nitrogens with zero attached hydrogens (tertiary/aromatic N) is 2. The summed E-state index contributed by atoms with van der Waals surface area (Å²) in [6, 6.07) is 0. The third kappa shape index (κ3) is 2.10. The van der Waals surface area contributed by atoms with Crippen LogP contribution in [0.4, 0.5) is 0 Å². The first-order valence-corrected chi connectivity index (χ1v) is 5.53. The molecule has 2 rings (SSSR count). The number of Topliss-reactive ketones (excluding diaryl/α,β-unsaturated/α-hetero) is 1. The van der Waals surface area contributed by atoms with Gasteiger partial charge in [-0.3, -0.25) is 9.78 Å². The fourth-order valence-electron chi connectivity index (χ4n) is 1.23. The Balaban J connectivity index is 2.07. The molecular formula is C9H10N2O2S. The van der Waals surface area contributed by atoms with E-state index >= 15 is 0 Å². The molecule has 1 atom stereocenters. The molecule has 0 radical (unpaired) electrons. The third-order valence-electron chi connectivity index (χ3n) is 1.92. The van der Waals surface area contributed by atoms with E-state index in [1.165, 1.54) is 12.4 Å². The Morgan fingerprint density at radius 1 is 1.57 bits per heavy atom. The van der Waals surface area contributed by atoms with Crippen molar-refractivity contribution in [3.05, 3.63) is 24.3 Å². The minimum absolute atomic E-state index is 0.0645. The molecule has 1 saturated heterocycles. The first kappa shape index (κ1) is 9.61. The minimum atomic E-state index is -0.342. The highest BCUT2D eigenvalue weighted by atomic mass is 32.2. The maximum atomic E-state index is 11.8. The van der Waals surface area contributed by atoms with Gasteiger partial charge in [-0.25, -0.2) is 4.98 Å². The Kier molecular flexibility index (Phi) is 3.10. The molecule has 0 bridgehead atoms. The van der Waals surface area contributed by atoms with E-state index in [2.05, 4.69) is 9.97 Å². The van der Waals surface area contributed by atoms with Crippen LogP contribution in [-0.2, 0) is 4.74 Å². The van der Waals surface area contributed by atoms with Gasteiger partial charge in [0.15, 0.2) is 0 Å². The molecule has 14 heavy (non-hydrogen) atoms. The number of thioether (sulfide) groups is 1. The quantitative estimate of drug-likeness (QED) is 0.675. The van der Waals surface area contributed by atoms with Crippen molar-refractivity contribution in [2.45, 2.75) is 6.10 Å². The van der Waals surface area contributed by atoms with E-state index in [0.717, 1.165) is 11.5 Å². The van der Waals surface area contributed by atoms with Crippen LogP contribution in [0.1, 0.15) is 10.5 Å². The topological polar surface area (TPSA) is 52.1 Å². The van der Waals surface area contributed by atoms with Crippen LogP contribution in [0.2, 0.25) is 0 Å². The van der Waals surface area contributed by atoms with Gasteiger partial charge in [-0.15, -0.1) is 0 Å². The van der Waals surface area contributed by atoms with Gasteiger partial charge in [0.05, 0.1) is 12.8 Å². The zero-order chi connectivity index (χ0) is 9.80. The number of aromatic nitrogens is 2. The number of carbonyl (C=O) groups is 1. The van der Waals surface area contributed by atoms with Crippen molar-refractivity contribution in [2.75, 3.05) is 18.1 Å². The van der Waals surface area contributed by atoms with Gasteiger partial charge in [0, 0.05) is 23.9 Å². The Hall–Kier alpha value is -0.940. The molecule has 1 aromatic heterocycles. The lowest BCUT2D eigenvalue weighted by Crippen LogP contribution is -2.32. The highest BCUT2D eigenvalue weighted by molar-refractivity contribution is 7.99. The van der Waals surface area contributed by atoms with E-state index in [0.29, 0.717) is 12.3 Å². The van der Waals surface area contributed by atoms with E-state index in [1.54, 1.807) is 18.0 Å². The van der Waals surface area contributed by atoms with Crippen molar-refractivity contribution < 1.29 is 9.53 Å². The Labute approximate surface area is 86.1 Å². The maximum absolute atomic E-state index is 11.8. The molecule has 0 saturated carbocycles. The van der Waals surface area contributed by atoms with Crippen LogP contribution in [0.5, 0.6) is 0 Å². The maximum Gasteiger partial charge on any atom is 0.212 e. The molecule has 1 unspecified atom stereocenters. The van der Waals surface area contributed by atoms with E-state index < -0.39 is 0 Å². The molecule has 5 heteroatoms. The average molecular weight is 210 g/mol. The zero-order valence-electron chi connectivity index (χ0n) is 7.55. The summed E-state index contributed by atoms with van der Waals surface area (Å²) in [6.45, 7) is 0.640. The van der Waals surface area contributed by atoms with Gasteiger partial charge in [0.1, 0.15) is 11.8 Å². The van der Waals surface area contributed by atoms with Crippen molar-refractivity contribution in [2.24, 2.45) is 0 Å². The van der Waals surface area contributed by atoms with Crippen molar-refractivity contribution in [3.8, 4) is 0 Å². The SMILES string of the molecule is O=C(c1cnccn1)C1CSCCO1. The Bertz CT molecular complexity index is 312. The zero-order valence-corrected chi connectivity index (χ0v) is 8.37. The monoisotopic (exact) mass is 210 g/mol. The second kappa shape index (κ2) is 4.52. The number of ether oxygens (including phenoxy) is 1.